The first-order chi connectivity index (χ1) is 13.0. The van der Waals surface area contributed by atoms with Crippen LogP contribution in [0.3, 0.4) is 0 Å². The SMILES string of the molecule is C=C(/C=C(/c1ccccc1)N(c1ccccc1)[Si](C)(C)C)c1ccccc1. The van der Waals surface area contributed by atoms with E-state index in [1.165, 1.54) is 16.9 Å². The smallest absolute Gasteiger partial charge is 0.153 e. The Balaban J connectivity index is 2.17. The lowest BCUT2D eigenvalue weighted by Crippen LogP contribution is -2.45. The van der Waals surface area contributed by atoms with Crippen molar-refractivity contribution in [2.75, 3.05) is 4.57 Å². The molecule has 0 radical (unpaired) electrons. The standard InChI is InChI=1S/C25H27NSi/c1-21(22-14-8-5-9-15-22)20-25(23-16-10-6-11-17-23)26(27(2,3)4)24-18-12-7-13-19-24/h5-20H,1H2,2-4H3/b25-20-. The van der Waals surface area contributed by atoms with E-state index in [0.717, 1.165) is 11.1 Å². The van der Waals surface area contributed by atoms with E-state index >= 15 is 0 Å². The molecule has 3 rings (SSSR count). The summed E-state index contributed by atoms with van der Waals surface area (Å²) in [6.07, 6.45) is 2.23. The molecule has 0 aromatic heterocycles. The van der Waals surface area contributed by atoms with Crippen molar-refractivity contribution in [1.29, 1.82) is 0 Å². The molecule has 0 saturated carbocycles. The Labute approximate surface area is 164 Å². The fraction of sp³-hybridized carbons (Fsp3) is 0.120. The van der Waals surface area contributed by atoms with Gasteiger partial charge in [-0.25, -0.2) is 0 Å². The van der Waals surface area contributed by atoms with E-state index in [2.05, 4.69) is 122 Å². The van der Waals surface area contributed by atoms with Crippen LogP contribution in [-0.2, 0) is 0 Å². The van der Waals surface area contributed by atoms with E-state index in [1.807, 2.05) is 6.07 Å². The molecule has 2 heteroatoms. The van der Waals surface area contributed by atoms with Crippen molar-refractivity contribution in [3.63, 3.8) is 0 Å². The van der Waals surface area contributed by atoms with Crippen LogP contribution >= 0.6 is 0 Å². The number of nitrogens with zero attached hydrogens (tertiary/aromatic N) is 1. The zero-order valence-corrected chi connectivity index (χ0v) is 17.4. The maximum absolute atomic E-state index is 4.36. The van der Waals surface area contributed by atoms with E-state index in [4.69, 9.17) is 0 Å². The third kappa shape index (κ3) is 4.66. The van der Waals surface area contributed by atoms with Crippen LogP contribution in [0, 0.1) is 0 Å². The monoisotopic (exact) mass is 369 g/mol. The molecule has 0 heterocycles. The van der Waals surface area contributed by atoms with Gasteiger partial charge in [-0.3, -0.25) is 0 Å². The molecule has 0 amide bonds. The zero-order valence-electron chi connectivity index (χ0n) is 16.4. The summed E-state index contributed by atoms with van der Waals surface area (Å²) in [6, 6.07) is 31.7. The molecule has 0 aliphatic carbocycles. The minimum atomic E-state index is -1.72. The number of para-hydroxylation sites is 1. The van der Waals surface area contributed by atoms with Gasteiger partial charge in [0.25, 0.3) is 0 Å². The summed E-state index contributed by atoms with van der Waals surface area (Å²) in [6.45, 7) is 11.5. The number of hydrogen-bond acceptors (Lipinski definition) is 1. The van der Waals surface area contributed by atoms with Crippen LogP contribution in [0.1, 0.15) is 11.1 Å². The summed E-state index contributed by atoms with van der Waals surface area (Å²) >= 11 is 0. The van der Waals surface area contributed by atoms with Crippen LogP contribution < -0.4 is 4.57 Å². The third-order valence-electron chi connectivity index (χ3n) is 4.45. The van der Waals surface area contributed by atoms with Crippen LogP contribution in [0.4, 0.5) is 5.69 Å². The quantitative estimate of drug-likeness (QED) is 0.331. The van der Waals surface area contributed by atoms with Crippen molar-refractivity contribution in [2.45, 2.75) is 19.6 Å². The molecule has 0 bridgehead atoms. The van der Waals surface area contributed by atoms with Crippen LogP contribution in [0.25, 0.3) is 11.3 Å². The predicted molar refractivity (Wildman–Crippen MR) is 122 cm³/mol. The minimum absolute atomic E-state index is 1.02. The molecule has 0 N–H and O–H groups in total. The van der Waals surface area contributed by atoms with Gasteiger partial charge >= 0.3 is 0 Å². The first-order valence-electron chi connectivity index (χ1n) is 9.33. The summed E-state index contributed by atoms with van der Waals surface area (Å²) in [4.78, 5) is 0. The second-order valence-corrected chi connectivity index (χ2v) is 12.4. The van der Waals surface area contributed by atoms with E-state index in [0.29, 0.717) is 0 Å². The number of anilines is 1. The highest BCUT2D eigenvalue weighted by Crippen LogP contribution is 2.33. The third-order valence-corrected chi connectivity index (χ3v) is 6.29. The summed E-state index contributed by atoms with van der Waals surface area (Å²) in [5, 5.41) is 0. The van der Waals surface area contributed by atoms with Crippen LogP contribution in [-0.4, -0.2) is 8.24 Å². The fourth-order valence-corrected chi connectivity index (χ4v) is 5.09. The van der Waals surface area contributed by atoms with Crippen molar-refractivity contribution in [2.24, 2.45) is 0 Å². The first kappa shape index (κ1) is 18.9. The van der Waals surface area contributed by atoms with E-state index in [1.54, 1.807) is 0 Å². The largest absolute Gasteiger partial charge is 0.369 e. The molecule has 3 aromatic carbocycles. The second kappa shape index (κ2) is 8.23. The van der Waals surface area contributed by atoms with Crippen molar-refractivity contribution >= 4 is 25.2 Å². The molecular formula is C25H27NSi. The molecule has 0 atom stereocenters. The molecule has 0 aliphatic heterocycles. The summed E-state index contributed by atoms with van der Waals surface area (Å²) in [5.41, 5.74) is 5.81. The van der Waals surface area contributed by atoms with Gasteiger partial charge in [-0.2, -0.15) is 0 Å². The molecule has 0 fully saturated rings. The molecule has 0 unspecified atom stereocenters. The van der Waals surface area contributed by atoms with E-state index in [9.17, 15) is 0 Å². The van der Waals surface area contributed by atoms with Gasteiger partial charge in [0.05, 0.1) is 0 Å². The molecule has 0 saturated heterocycles. The number of allylic oxidation sites excluding steroid dienone is 2. The van der Waals surface area contributed by atoms with E-state index in [-0.39, 0.29) is 0 Å². The Bertz CT molecular complexity index is 907. The van der Waals surface area contributed by atoms with Gasteiger partial charge in [0.2, 0.25) is 0 Å². The van der Waals surface area contributed by atoms with Crippen LogP contribution in [0.5, 0.6) is 0 Å². The molecule has 1 nitrogen and oxygen atoms in total. The first-order valence-corrected chi connectivity index (χ1v) is 12.8. The molecule has 136 valence electrons. The summed E-state index contributed by atoms with van der Waals surface area (Å²) in [5.74, 6) is 0. The number of rotatable bonds is 6. The van der Waals surface area contributed by atoms with Crippen molar-refractivity contribution in [1.82, 2.24) is 0 Å². The molecular weight excluding hydrogens is 342 g/mol. The summed E-state index contributed by atoms with van der Waals surface area (Å²) < 4.78 is 2.52. The Morgan fingerprint density at radius 2 is 1.15 bits per heavy atom. The molecule has 0 spiro atoms. The lowest BCUT2D eigenvalue weighted by atomic mass is 10.0. The van der Waals surface area contributed by atoms with E-state index < -0.39 is 8.24 Å². The second-order valence-electron chi connectivity index (χ2n) is 7.63. The molecule has 0 aliphatic rings. The zero-order chi connectivity index (χ0) is 19.3. The normalized spacial score (nSPS) is 11.9. The van der Waals surface area contributed by atoms with Gasteiger partial charge in [-0.15, -0.1) is 0 Å². The average Bonchev–Trinajstić information content (AvgIpc) is 2.68. The minimum Gasteiger partial charge on any atom is -0.369 e. The maximum Gasteiger partial charge on any atom is 0.153 e. The lowest BCUT2D eigenvalue weighted by Gasteiger charge is -2.38. The highest BCUT2D eigenvalue weighted by molar-refractivity contribution is 6.81. The van der Waals surface area contributed by atoms with Crippen LogP contribution in [0.2, 0.25) is 19.6 Å². The predicted octanol–water partition coefficient (Wildman–Crippen LogP) is 7.08. The summed E-state index contributed by atoms with van der Waals surface area (Å²) in [7, 11) is -1.72. The highest BCUT2D eigenvalue weighted by Gasteiger charge is 2.28. The molecule has 3 aromatic rings. The van der Waals surface area contributed by atoms with Crippen molar-refractivity contribution < 1.29 is 0 Å². The topological polar surface area (TPSA) is 3.24 Å². The Morgan fingerprint density at radius 3 is 1.63 bits per heavy atom. The van der Waals surface area contributed by atoms with Gasteiger partial charge in [0.15, 0.2) is 8.24 Å². The van der Waals surface area contributed by atoms with Gasteiger partial charge in [-0.1, -0.05) is 105 Å². The Hall–Kier alpha value is -2.84. The van der Waals surface area contributed by atoms with Gasteiger partial charge in [0, 0.05) is 11.4 Å². The molecule has 27 heavy (non-hydrogen) atoms. The fourth-order valence-electron chi connectivity index (χ4n) is 3.25. The van der Waals surface area contributed by atoms with Gasteiger partial charge < -0.3 is 4.57 Å². The van der Waals surface area contributed by atoms with Crippen molar-refractivity contribution in [3.05, 3.63) is 115 Å². The number of hydrogen-bond donors (Lipinski definition) is 0. The Kier molecular flexibility index (Phi) is 5.77. The van der Waals surface area contributed by atoms with Crippen LogP contribution in [0.15, 0.2) is 104 Å². The number of benzene rings is 3. The average molecular weight is 370 g/mol. The highest BCUT2D eigenvalue weighted by atomic mass is 28.3. The Morgan fingerprint density at radius 1 is 0.704 bits per heavy atom. The van der Waals surface area contributed by atoms with Crippen molar-refractivity contribution in [3.8, 4) is 0 Å². The van der Waals surface area contributed by atoms with Gasteiger partial charge in [-0.05, 0) is 34.9 Å². The lowest BCUT2D eigenvalue weighted by molar-refractivity contribution is 1.32. The maximum atomic E-state index is 4.36. The van der Waals surface area contributed by atoms with Gasteiger partial charge in [0.1, 0.15) is 0 Å².